The lowest BCUT2D eigenvalue weighted by atomic mass is 10.1. The normalized spacial score (nSPS) is 15.7. The summed E-state index contributed by atoms with van der Waals surface area (Å²) < 4.78 is 0. The van der Waals surface area contributed by atoms with Crippen LogP contribution in [0.25, 0.3) is 10.9 Å². The van der Waals surface area contributed by atoms with Crippen LogP contribution in [0.15, 0.2) is 24.4 Å². The van der Waals surface area contributed by atoms with Crippen LogP contribution < -0.4 is 5.32 Å². The zero-order valence-corrected chi connectivity index (χ0v) is 14.4. The molecule has 0 radical (unpaired) electrons. The van der Waals surface area contributed by atoms with E-state index < -0.39 is 0 Å². The van der Waals surface area contributed by atoms with Crippen molar-refractivity contribution in [3.63, 3.8) is 0 Å². The Hall–Kier alpha value is -2.21. The van der Waals surface area contributed by atoms with Crippen molar-refractivity contribution >= 4 is 34.4 Å². The average Bonchev–Trinajstić information content (AvgIpc) is 2.87. The summed E-state index contributed by atoms with van der Waals surface area (Å²) in [7, 11) is 1.77. The summed E-state index contributed by atoms with van der Waals surface area (Å²) >= 11 is 6.05. The number of hydrogen-bond donors (Lipinski definition) is 2. The van der Waals surface area contributed by atoms with Crippen LogP contribution in [-0.4, -0.2) is 59.9 Å². The van der Waals surface area contributed by atoms with E-state index in [1.165, 1.54) is 0 Å². The van der Waals surface area contributed by atoms with Crippen LogP contribution in [0, 0.1) is 0 Å². The summed E-state index contributed by atoms with van der Waals surface area (Å²) in [5, 5.41) is 4.67. The third-order valence-electron chi connectivity index (χ3n) is 4.36. The fourth-order valence-corrected chi connectivity index (χ4v) is 3.11. The summed E-state index contributed by atoms with van der Waals surface area (Å²) in [5.41, 5.74) is 2.14. The summed E-state index contributed by atoms with van der Waals surface area (Å²) in [6, 6.07) is 5.53. The topological polar surface area (TPSA) is 68.4 Å². The van der Waals surface area contributed by atoms with E-state index in [1.807, 2.05) is 24.4 Å². The van der Waals surface area contributed by atoms with Crippen LogP contribution in [0.5, 0.6) is 0 Å². The second kappa shape index (κ2) is 7.13. The molecule has 0 atom stereocenters. The molecule has 1 aliphatic heterocycles. The van der Waals surface area contributed by atoms with Gasteiger partial charge in [0.2, 0.25) is 5.91 Å². The van der Waals surface area contributed by atoms with Gasteiger partial charge in [-0.25, -0.2) is 4.79 Å². The average molecular weight is 349 g/mol. The van der Waals surface area contributed by atoms with Gasteiger partial charge in [0.1, 0.15) is 6.54 Å². The SMILES string of the molecule is CN1CCCN(C(=O)NCCc2c[nH]c3ccc(Cl)cc23)CC1=O. The van der Waals surface area contributed by atoms with E-state index in [2.05, 4.69) is 10.3 Å². The molecule has 7 heteroatoms. The zero-order valence-electron chi connectivity index (χ0n) is 13.6. The van der Waals surface area contributed by atoms with Crippen molar-refractivity contribution < 1.29 is 9.59 Å². The Balaban J connectivity index is 1.56. The summed E-state index contributed by atoms with van der Waals surface area (Å²) in [5.74, 6) is -0.0195. The monoisotopic (exact) mass is 348 g/mol. The zero-order chi connectivity index (χ0) is 17.1. The quantitative estimate of drug-likeness (QED) is 0.893. The van der Waals surface area contributed by atoms with Gasteiger partial charge in [0, 0.05) is 48.8 Å². The highest BCUT2D eigenvalue weighted by Gasteiger charge is 2.22. The molecule has 1 fully saturated rings. The van der Waals surface area contributed by atoms with Crippen molar-refractivity contribution in [2.24, 2.45) is 0 Å². The predicted molar refractivity (Wildman–Crippen MR) is 94.2 cm³/mol. The van der Waals surface area contributed by atoms with Crippen molar-refractivity contribution in [2.45, 2.75) is 12.8 Å². The van der Waals surface area contributed by atoms with Gasteiger partial charge in [-0.3, -0.25) is 4.79 Å². The molecule has 0 bridgehead atoms. The number of rotatable bonds is 3. The molecule has 0 saturated carbocycles. The molecule has 0 unspecified atom stereocenters. The van der Waals surface area contributed by atoms with Crippen LogP contribution in [0.4, 0.5) is 4.79 Å². The third-order valence-corrected chi connectivity index (χ3v) is 4.60. The number of halogens is 1. The number of benzene rings is 1. The van der Waals surface area contributed by atoms with Gasteiger partial charge in [-0.15, -0.1) is 0 Å². The first-order valence-electron chi connectivity index (χ1n) is 8.07. The molecule has 6 nitrogen and oxygen atoms in total. The van der Waals surface area contributed by atoms with Crippen LogP contribution in [0.3, 0.4) is 0 Å². The van der Waals surface area contributed by atoms with Gasteiger partial charge in [0.05, 0.1) is 0 Å². The molecule has 1 aliphatic rings. The first kappa shape index (κ1) is 16.6. The van der Waals surface area contributed by atoms with Crippen LogP contribution in [0.2, 0.25) is 5.02 Å². The van der Waals surface area contributed by atoms with E-state index in [4.69, 9.17) is 11.6 Å². The van der Waals surface area contributed by atoms with Crippen molar-refractivity contribution in [1.82, 2.24) is 20.1 Å². The molecule has 128 valence electrons. The maximum absolute atomic E-state index is 12.3. The highest BCUT2D eigenvalue weighted by molar-refractivity contribution is 6.31. The Kier molecular flexibility index (Phi) is 4.94. The van der Waals surface area contributed by atoms with Gasteiger partial charge in [-0.05, 0) is 36.6 Å². The molecule has 2 heterocycles. The molecule has 24 heavy (non-hydrogen) atoms. The first-order valence-corrected chi connectivity index (χ1v) is 8.44. The van der Waals surface area contributed by atoms with Crippen molar-refractivity contribution in [3.8, 4) is 0 Å². The molecule has 2 aromatic rings. The van der Waals surface area contributed by atoms with Crippen LogP contribution in [-0.2, 0) is 11.2 Å². The maximum atomic E-state index is 12.3. The minimum absolute atomic E-state index is 0.0195. The van der Waals surface area contributed by atoms with Crippen LogP contribution in [0.1, 0.15) is 12.0 Å². The van der Waals surface area contributed by atoms with Gasteiger partial charge in [-0.1, -0.05) is 11.6 Å². The third kappa shape index (κ3) is 3.64. The van der Waals surface area contributed by atoms with E-state index in [0.717, 1.165) is 22.9 Å². The van der Waals surface area contributed by atoms with Gasteiger partial charge < -0.3 is 20.1 Å². The van der Waals surface area contributed by atoms with Gasteiger partial charge >= 0.3 is 6.03 Å². The van der Waals surface area contributed by atoms with E-state index in [9.17, 15) is 9.59 Å². The molecule has 3 amide bonds. The van der Waals surface area contributed by atoms with Crippen molar-refractivity contribution in [1.29, 1.82) is 0 Å². The minimum atomic E-state index is -0.184. The number of fused-ring (bicyclic) bond motifs is 1. The molecule has 3 rings (SSSR count). The number of aromatic nitrogens is 1. The second-order valence-electron chi connectivity index (χ2n) is 6.08. The number of carbonyl (C=O) groups is 2. The smallest absolute Gasteiger partial charge is 0.317 e. The second-order valence-corrected chi connectivity index (χ2v) is 6.51. The lowest BCUT2D eigenvalue weighted by molar-refractivity contribution is -0.129. The fourth-order valence-electron chi connectivity index (χ4n) is 2.93. The summed E-state index contributed by atoms with van der Waals surface area (Å²) in [6.07, 6.45) is 3.45. The first-order chi connectivity index (χ1) is 11.5. The molecule has 1 saturated heterocycles. The van der Waals surface area contributed by atoms with Crippen molar-refractivity contribution in [3.05, 3.63) is 35.0 Å². The number of urea groups is 1. The maximum Gasteiger partial charge on any atom is 0.317 e. The molecular formula is C17H21ClN4O2. The minimum Gasteiger partial charge on any atom is -0.361 e. The number of hydrogen-bond acceptors (Lipinski definition) is 2. The van der Waals surface area contributed by atoms with Gasteiger partial charge in [0.15, 0.2) is 0 Å². The fraction of sp³-hybridized carbons (Fsp3) is 0.412. The number of amides is 3. The Morgan fingerprint density at radius 2 is 2.21 bits per heavy atom. The highest BCUT2D eigenvalue weighted by Crippen LogP contribution is 2.22. The van der Waals surface area contributed by atoms with E-state index in [-0.39, 0.29) is 18.5 Å². The molecule has 0 spiro atoms. The Bertz CT molecular complexity index is 758. The predicted octanol–water partition coefficient (Wildman–Crippen LogP) is 2.24. The van der Waals surface area contributed by atoms with Gasteiger partial charge in [0.25, 0.3) is 0 Å². The molecule has 2 N–H and O–H groups in total. The summed E-state index contributed by atoms with van der Waals surface area (Å²) in [4.78, 5) is 30.6. The number of H-pyrrole nitrogens is 1. The molecule has 0 aliphatic carbocycles. The lowest BCUT2D eigenvalue weighted by Gasteiger charge is -2.20. The van der Waals surface area contributed by atoms with E-state index in [0.29, 0.717) is 31.1 Å². The number of likely N-dealkylation sites (N-methyl/N-ethyl adjacent to an activating group) is 1. The lowest BCUT2D eigenvalue weighted by Crippen LogP contribution is -2.44. The van der Waals surface area contributed by atoms with Crippen LogP contribution >= 0.6 is 11.6 Å². The summed E-state index contributed by atoms with van der Waals surface area (Å²) in [6.45, 7) is 1.95. The Morgan fingerprint density at radius 1 is 1.38 bits per heavy atom. The largest absolute Gasteiger partial charge is 0.361 e. The molecular weight excluding hydrogens is 328 g/mol. The van der Waals surface area contributed by atoms with Gasteiger partial charge in [-0.2, -0.15) is 0 Å². The number of carbonyl (C=O) groups excluding carboxylic acids is 2. The van der Waals surface area contributed by atoms with E-state index in [1.54, 1.807) is 16.8 Å². The Morgan fingerprint density at radius 3 is 3.04 bits per heavy atom. The number of nitrogens with zero attached hydrogens (tertiary/aromatic N) is 2. The standard InChI is InChI=1S/C17H21ClN4O2/c1-21-7-2-8-22(11-16(21)23)17(24)19-6-5-12-10-20-15-4-3-13(18)9-14(12)15/h3-4,9-10,20H,2,5-8,11H2,1H3,(H,19,24). The molecule has 1 aromatic heterocycles. The van der Waals surface area contributed by atoms with E-state index >= 15 is 0 Å². The van der Waals surface area contributed by atoms with Crippen molar-refractivity contribution in [2.75, 3.05) is 33.2 Å². The Labute approximate surface area is 145 Å². The number of nitrogens with one attached hydrogen (secondary N) is 2. The molecule has 1 aromatic carbocycles. The highest BCUT2D eigenvalue weighted by atomic mass is 35.5. The number of aromatic amines is 1.